The van der Waals surface area contributed by atoms with Crippen molar-refractivity contribution in [2.75, 3.05) is 0 Å². The molecular formula is C39H45F3IrN5-. The summed E-state index contributed by atoms with van der Waals surface area (Å²) in [5.74, 6) is 2.35. The van der Waals surface area contributed by atoms with Crippen molar-refractivity contribution < 1.29 is 33.3 Å². The Morgan fingerprint density at radius 3 is 1.85 bits per heavy atom. The number of halogens is 3. The number of hydrogen-bond acceptors (Lipinski definition) is 5. The summed E-state index contributed by atoms with van der Waals surface area (Å²) < 4.78 is 42.4. The quantitative estimate of drug-likeness (QED) is 0.192. The number of benzene rings is 1. The van der Waals surface area contributed by atoms with E-state index in [1.54, 1.807) is 6.20 Å². The van der Waals surface area contributed by atoms with Crippen LogP contribution >= 0.6 is 0 Å². The molecule has 0 N–H and O–H groups in total. The van der Waals surface area contributed by atoms with Crippen molar-refractivity contribution in [2.24, 2.45) is 5.41 Å². The van der Waals surface area contributed by atoms with Gasteiger partial charge in [0, 0.05) is 38.1 Å². The van der Waals surface area contributed by atoms with Gasteiger partial charge in [-0.1, -0.05) is 86.1 Å². The third-order valence-electron chi connectivity index (χ3n) is 12.5. The van der Waals surface area contributed by atoms with E-state index in [-0.39, 0.29) is 53.7 Å². The molecule has 5 nitrogen and oxygen atoms in total. The van der Waals surface area contributed by atoms with Gasteiger partial charge in [0.15, 0.2) is 5.82 Å². The summed E-state index contributed by atoms with van der Waals surface area (Å²) in [6, 6.07) is 10.2. The fourth-order valence-electron chi connectivity index (χ4n) is 8.38. The van der Waals surface area contributed by atoms with Crippen LogP contribution in [0.4, 0.5) is 13.2 Å². The number of nitrogens with zero attached hydrogens (tertiary/aromatic N) is 5. The molecule has 3 aliphatic carbocycles. The second kappa shape index (κ2) is 12.5. The van der Waals surface area contributed by atoms with Crippen LogP contribution in [0.1, 0.15) is 146 Å². The van der Waals surface area contributed by atoms with Gasteiger partial charge >= 0.3 is 6.18 Å². The molecule has 3 aromatic heterocycles. The zero-order valence-corrected chi connectivity index (χ0v) is 31.2. The van der Waals surface area contributed by atoms with Gasteiger partial charge in [-0.25, -0.2) is 19.9 Å². The van der Waals surface area contributed by atoms with Crippen LogP contribution < -0.4 is 0 Å². The summed E-state index contributed by atoms with van der Waals surface area (Å²) in [4.78, 5) is 24.2. The molecule has 3 aliphatic rings. The van der Waals surface area contributed by atoms with Crippen molar-refractivity contribution in [3.8, 4) is 22.6 Å². The third-order valence-corrected chi connectivity index (χ3v) is 12.5. The van der Waals surface area contributed by atoms with E-state index in [1.807, 2.05) is 0 Å². The number of alkyl halides is 3. The number of rotatable bonds is 4. The summed E-state index contributed by atoms with van der Waals surface area (Å²) in [5.41, 5.74) is 3.14. The van der Waals surface area contributed by atoms with E-state index in [9.17, 15) is 13.2 Å². The Kier molecular flexibility index (Phi) is 9.15. The molecule has 3 heterocycles. The van der Waals surface area contributed by atoms with Gasteiger partial charge in [-0.2, -0.15) is 13.2 Å². The first-order valence-electron chi connectivity index (χ1n) is 17.4. The van der Waals surface area contributed by atoms with Crippen molar-refractivity contribution >= 4 is 10.9 Å². The summed E-state index contributed by atoms with van der Waals surface area (Å²) in [5, 5.41) is 0.528. The number of pyridine rings is 2. The molecule has 0 bridgehead atoms. The molecule has 7 rings (SSSR count). The van der Waals surface area contributed by atoms with E-state index < -0.39 is 11.9 Å². The third kappa shape index (κ3) is 5.71. The van der Waals surface area contributed by atoms with Gasteiger partial charge in [0.1, 0.15) is 17.3 Å². The van der Waals surface area contributed by atoms with E-state index in [0.717, 1.165) is 74.6 Å². The Morgan fingerprint density at radius 2 is 1.29 bits per heavy atom. The zero-order chi connectivity index (χ0) is 33.4. The second-order valence-corrected chi connectivity index (χ2v) is 15.7. The fraction of sp³-hybridized carbons (Fsp3) is 0.564. The molecule has 0 unspecified atom stereocenters. The van der Waals surface area contributed by atoms with Crippen LogP contribution in [0.2, 0.25) is 0 Å². The van der Waals surface area contributed by atoms with Crippen LogP contribution in [-0.4, -0.2) is 24.9 Å². The first-order valence-corrected chi connectivity index (χ1v) is 17.4. The van der Waals surface area contributed by atoms with Gasteiger partial charge in [-0.3, -0.25) is 0 Å². The van der Waals surface area contributed by atoms with E-state index >= 15 is 0 Å². The summed E-state index contributed by atoms with van der Waals surface area (Å²) in [7, 11) is 0. The summed E-state index contributed by atoms with van der Waals surface area (Å²) in [6.45, 7) is 13.7. The summed E-state index contributed by atoms with van der Waals surface area (Å²) in [6.07, 6.45) is 7.99. The van der Waals surface area contributed by atoms with Gasteiger partial charge in [0.05, 0.1) is 11.1 Å². The fourth-order valence-corrected chi connectivity index (χ4v) is 8.38. The molecule has 2 fully saturated rings. The van der Waals surface area contributed by atoms with E-state index in [0.29, 0.717) is 22.5 Å². The second-order valence-electron chi connectivity index (χ2n) is 15.7. The van der Waals surface area contributed by atoms with E-state index in [4.69, 9.17) is 19.9 Å². The molecule has 1 aromatic carbocycles. The van der Waals surface area contributed by atoms with Crippen molar-refractivity contribution in [1.82, 2.24) is 24.9 Å². The molecule has 0 aliphatic heterocycles. The van der Waals surface area contributed by atoms with Gasteiger partial charge < -0.3 is 4.98 Å². The maximum absolute atomic E-state index is 14.1. The number of aromatic nitrogens is 5. The van der Waals surface area contributed by atoms with Crippen molar-refractivity contribution in [2.45, 2.75) is 135 Å². The van der Waals surface area contributed by atoms with Crippen molar-refractivity contribution in [3.63, 3.8) is 0 Å². The predicted molar refractivity (Wildman–Crippen MR) is 179 cm³/mol. The topological polar surface area (TPSA) is 64.5 Å². The average molecular weight is 833 g/mol. The van der Waals surface area contributed by atoms with Crippen LogP contribution in [0.15, 0.2) is 30.5 Å². The van der Waals surface area contributed by atoms with E-state index in [2.05, 4.69) is 64.7 Å². The maximum atomic E-state index is 14.1. The Balaban J connectivity index is 0.00000401. The zero-order valence-electron chi connectivity index (χ0n) is 28.8. The molecule has 4 aromatic rings. The first-order chi connectivity index (χ1) is 22.2. The Hall–Kier alpha value is -2.77. The molecule has 1 radical (unpaired) electrons. The average Bonchev–Trinajstić information content (AvgIpc) is 3.17. The first kappa shape index (κ1) is 35.1. The largest absolute Gasteiger partial charge is 0.433 e. The summed E-state index contributed by atoms with van der Waals surface area (Å²) >= 11 is 0. The SMILES string of the molecule is CC1(C)c2c[c-]c(-c3ncc(-c4nc(C5CCCCC5)nc(C5CCCCC5)n4)c4nc(C(F)(F)F)ccc34)cc2C(C)(C)C1(C)C.[Ir]. The maximum Gasteiger partial charge on any atom is 0.433 e. The standard InChI is InChI=1S/C39H45F3N5.Ir/c1-36(2)28-19-17-25(21-29(28)37(3,4)38(36,5)6)31-26-18-20-30(39(40,41)42)44-32(26)27(22-43-31)35-46-33(23-13-9-7-10-14-23)45-34(47-35)24-15-11-8-12-16-24;/h18-24H,7-16H2,1-6H3;/q-1;. The van der Waals surface area contributed by atoms with Crippen LogP contribution in [0.25, 0.3) is 33.5 Å². The minimum absolute atomic E-state index is 0. The van der Waals surface area contributed by atoms with Crippen molar-refractivity contribution in [1.29, 1.82) is 0 Å². The molecule has 9 heteroatoms. The van der Waals surface area contributed by atoms with Crippen LogP contribution in [-0.2, 0) is 37.1 Å². The number of fused-ring (bicyclic) bond motifs is 2. The molecule has 0 spiro atoms. The van der Waals surface area contributed by atoms with Crippen LogP contribution in [0.5, 0.6) is 0 Å². The number of hydrogen-bond donors (Lipinski definition) is 0. The van der Waals surface area contributed by atoms with Crippen LogP contribution in [0.3, 0.4) is 0 Å². The minimum atomic E-state index is -4.60. The molecule has 48 heavy (non-hydrogen) atoms. The molecular weight excluding hydrogens is 788 g/mol. The van der Waals surface area contributed by atoms with Gasteiger partial charge in [-0.15, -0.1) is 34.9 Å². The normalized spacial score (nSPS) is 20.8. The predicted octanol–water partition coefficient (Wildman–Crippen LogP) is 10.7. The van der Waals surface area contributed by atoms with Gasteiger partial charge in [-0.05, 0) is 59.1 Å². The Morgan fingerprint density at radius 1 is 0.729 bits per heavy atom. The molecule has 0 saturated heterocycles. The Labute approximate surface area is 295 Å². The van der Waals surface area contributed by atoms with Crippen LogP contribution in [0, 0.1) is 11.5 Å². The smallest absolute Gasteiger partial charge is 0.303 e. The van der Waals surface area contributed by atoms with Crippen molar-refractivity contribution in [3.05, 3.63) is 65.0 Å². The van der Waals surface area contributed by atoms with Gasteiger partial charge in [0.2, 0.25) is 0 Å². The molecule has 2 saturated carbocycles. The monoisotopic (exact) mass is 833 g/mol. The molecule has 0 atom stereocenters. The minimum Gasteiger partial charge on any atom is -0.303 e. The molecule has 257 valence electrons. The molecule has 0 amide bonds. The van der Waals surface area contributed by atoms with Gasteiger partial charge in [0.25, 0.3) is 0 Å². The van der Waals surface area contributed by atoms with E-state index in [1.165, 1.54) is 30.0 Å². The Bertz CT molecular complexity index is 1800.